The Hall–Kier alpha value is -2.30. The Bertz CT molecular complexity index is 1110. The highest BCUT2D eigenvalue weighted by Crippen LogP contribution is 2.28. The number of fused-ring (bicyclic) bond motifs is 1. The summed E-state index contributed by atoms with van der Waals surface area (Å²) in [5.41, 5.74) is 0.957. The SMILES string of the molecule is C[C@H](CCc1ccco1)NC(=O)[C@@H]1CCCN(S(=O)(=O)c2cccc3nsnc23)C1. The van der Waals surface area contributed by atoms with E-state index in [9.17, 15) is 13.2 Å². The summed E-state index contributed by atoms with van der Waals surface area (Å²) in [6, 6.07) is 8.71. The van der Waals surface area contributed by atoms with Gasteiger partial charge in [0, 0.05) is 25.6 Å². The summed E-state index contributed by atoms with van der Waals surface area (Å²) in [6.07, 6.45) is 4.45. The van der Waals surface area contributed by atoms with Gasteiger partial charge in [-0.25, -0.2) is 8.42 Å². The Kier molecular flexibility index (Phi) is 6.16. The van der Waals surface area contributed by atoms with Crippen LogP contribution in [0.5, 0.6) is 0 Å². The van der Waals surface area contributed by atoms with E-state index < -0.39 is 10.0 Å². The highest BCUT2D eigenvalue weighted by atomic mass is 32.2. The molecule has 1 fully saturated rings. The summed E-state index contributed by atoms with van der Waals surface area (Å²) in [5, 5.41) is 3.03. The summed E-state index contributed by atoms with van der Waals surface area (Å²) >= 11 is 0.992. The Labute approximate surface area is 179 Å². The molecule has 0 aliphatic carbocycles. The van der Waals surface area contributed by atoms with Crippen LogP contribution in [0.15, 0.2) is 45.9 Å². The molecule has 1 amide bonds. The van der Waals surface area contributed by atoms with Crippen molar-refractivity contribution in [2.75, 3.05) is 13.1 Å². The molecular weight excluding hydrogens is 424 g/mol. The van der Waals surface area contributed by atoms with Gasteiger partial charge < -0.3 is 9.73 Å². The lowest BCUT2D eigenvalue weighted by Gasteiger charge is -2.31. The molecule has 1 N–H and O–H groups in total. The summed E-state index contributed by atoms with van der Waals surface area (Å²) < 4.78 is 41.5. The molecular formula is C20H24N4O4S2. The first-order valence-corrected chi connectivity index (χ1v) is 12.2. The monoisotopic (exact) mass is 448 g/mol. The van der Waals surface area contributed by atoms with Gasteiger partial charge in [-0.3, -0.25) is 4.79 Å². The molecule has 1 aromatic carbocycles. The maximum Gasteiger partial charge on any atom is 0.245 e. The van der Waals surface area contributed by atoms with Crippen molar-refractivity contribution in [3.05, 3.63) is 42.4 Å². The van der Waals surface area contributed by atoms with E-state index in [0.717, 1.165) is 30.3 Å². The Morgan fingerprint density at radius 2 is 2.20 bits per heavy atom. The quantitative estimate of drug-likeness (QED) is 0.596. The van der Waals surface area contributed by atoms with Crippen LogP contribution < -0.4 is 5.32 Å². The molecule has 3 aromatic rings. The van der Waals surface area contributed by atoms with Crippen molar-refractivity contribution in [3.63, 3.8) is 0 Å². The molecule has 8 nitrogen and oxygen atoms in total. The fraction of sp³-hybridized carbons (Fsp3) is 0.450. The van der Waals surface area contributed by atoms with Crippen LogP contribution in [0.1, 0.15) is 31.9 Å². The van der Waals surface area contributed by atoms with Gasteiger partial charge in [0.2, 0.25) is 15.9 Å². The van der Waals surface area contributed by atoms with Crippen LogP contribution >= 0.6 is 11.7 Å². The van der Waals surface area contributed by atoms with Crippen molar-refractivity contribution in [2.24, 2.45) is 5.92 Å². The van der Waals surface area contributed by atoms with Crippen LogP contribution in [-0.2, 0) is 21.2 Å². The average Bonchev–Trinajstić information content (AvgIpc) is 3.43. The number of rotatable bonds is 7. The lowest BCUT2D eigenvalue weighted by molar-refractivity contribution is -0.126. The summed E-state index contributed by atoms with van der Waals surface area (Å²) in [7, 11) is -3.75. The maximum absolute atomic E-state index is 13.2. The number of carbonyl (C=O) groups is 1. The number of nitrogens with one attached hydrogen (secondary N) is 1. The first kappa shape index (κ1) is 21.0. The van der Waals surface area contributed by atoms with E-state index in [2.05, 4.69) is 14.1 Å². The number of sulfonamides is 1. The van der Waals surface area contributed by atoms with Crippen molar-refractivity contribution >= 4 is 38.7 Å². The van der Waals surface area contributed by atoms with Crippen molar-refractivity contribution in [1.82, 2.24) is 18.4 Å². The van der Waals surface area contributed by atoms with Gasteiger partial charge in [-0.15, -0.1) is 0 Å². The highest BCUT2D eigenvalue weighted by Gasteiger charge is 2.34. The summed E-state index contributed by atoms with van der Waals surface area (Å²) in [5.74, 6) is 0.416. The number of aromatic nitrogens is 2. The van der Waals surface area contributed by atoms with Gasteiger partial charge in [-0.2, -0.15) is 13.1 Å². The minimum absolute atomic E-state index is 0.0237. The zero-order chi connectivity index (χ0) is 21.1. The van der Waals surface area contributed by atoms with E-state index in [1.54, 1.807) is 24.5 Å². The van der Waals surface area contributed by atoms with Gasteiger partial charge in [0.05, 0.1) is 23.9 Å². The van der Waals surface area contributed by atoms with Gasteiger partial charge >= 0.3 is 0 Å². The number of nitrogens with zero attached hydrogens (tertiary/aromatic N) is 3. The number of aryl methyl sites for hydroxylation is 1. The first-order valence-electron chi connectivity index (χ1n) is 9.99. The molecule has 4 rings (SSSR count). The number of hydrogen-bond donors (Lipinski definition) is 1. The Morgan fingerprint density at radius 1 is 1.33 bits per heavy atom. The predicted octanol–water partition coefficient (Wildman–Crippen LogP) is 2.82. The second-order valence-electron chi connectivity index (χ2n) is 7.62. The Morgan fingerprint density at radius 3 is 3.00 bits per heavy atom. The molecule has 160 valence electrons. The molecule has 1 aliphatic heterocycles. The molecule has 0 unspecified atom stereocenters. The molecule has 10 heteroatoms. The van der Waals surface area contributed by atoms with Gasteiger partial charge in [-0.1, -0.05) is 6.07 Å². The highest BCUT2D eigenvalue weighted by molar-refractivity contribution is 7.89. The number of carbonyl (C=O) groups excluding carboxylic acids is 1. The second-order valence-corrected chi connectivity index (χ2v) is 10.1. The van der Waals surface area contributed by atoms with E-state index in [1.807, 2.05) is 19.1 Å². The minimum Gasteiger partial charge on any atom is -0.469 e. The zero-order valence-corrected chi connectivity index (χ0v) is 18.3. The molecule has 0 saturated carbocycles. The van der Waals surface area contributed by atoms with Crippen molar-refractivity contribution in [2.45, 2.75) is 43.5 Å². The number of amides is 1. The average molecular weight is 449 g/mol. The van der Waals surface area contributed by atoms with Crippen molar-refractivity contribution < 1.29 is 17.6 Å². The summed E-state index contributed by atoms with van der Waals surface area (Å²) in [6.45, 7) is 2.52. The zero-order valence-electron chi connectivity index (χ0n) is 16.7. The second kappa shape index (κ2) is 8.83. The predicted molar refractivity (Wildman–Crippen MR) is 114 cm³/mol. The maximum atomic E-state index is 13.2. The molecule has 2 atom stereocenters. The molecule has 1 saturated heterocycles. The summed E-state index contributed by atoms with van der Waals surface area (Å²) in [4.78, 5) is 12.9. The van der Waals surface area contributed by atoms with Gasteiger partial charge in [0.25, 0.3) is 0 Å². The number of furan rings is 1. The van der Waals surface area contributed by atoms with Crippen LogP contribution in [0.3, 0.4) is 0 Å². The van der Waals surface area contributed by atoms with E-state index in [1.165, 1.54) is 4.31 Å². The molecule has 3 heterocycles. The normalized spacial score (nSPS) is 19.0. The van der Waals surface area contributed by atoms with Crippen LogP contribution in [0.4, 0.5) is 0 Å². The van der Waals surface area contributed by atoms with Crippen LogP contribution in [0.25, 0.3) is 11.0 Å². The molecule has 0 spiro atoms. The van der Waals surface area contributed by atoms with Gasteiger partial charge in [-0.05, 0) is 50.5 Å². The molecule has 1 aliphatic rings. The lowest BCUT2D eigenvalue weighted by Crippen LogP contribution is -2.47. The standard InChI is InChI=1S/C20H24N4O4S2/c1-14(9-10-16-6-4-12-28-16)21-20(25)15-5-3-11-24(13-15)30(26,27)18-8-2-7-17-19(18)23-29-22-17/h2,4,6-8,12,14-15H,3,5,9-11,13H2,1H3,(H,21,25)/t14-,15-/m1/s1. The third-order valence-electron chi connectivity index (χ3n) is 5.41. The number of benzene rings is 1. The van der Waals surface area contributed by atoms with E-state index >= 15 is 0 Å². The largest absolute Gasteiger partial charge is 0.469 e. The third kappa shape index (κ3) is 4.40. The first-order chi connectivity index (χ1) is 14.4. The van der Waals surface area contributed by atoms with Gasteiger partial charge in [0.15, 0.2) is 0 Å². The molecule has 0 bridgehead atoms. The van der Waals surface area contributed by atoms with E-state index in [-0.39, 0.29) is 29.3 Å². The van der Waals surface area contributed by atoms with Crippen molar-refractivity contribution in [3.8, 4) is 0 Å². The van der Waals surface area contributed by atoms with Crippen LogP contribution in [0.2, 0.25) is 0 Å². The van der Waals surface area contributed by atoms with Crippen LogP contribution in [-0.4, -0.2) is 46.5 Å². The van der Waals surface area contributed by atoms with Crippen LogP contribution in [0, 0.1) is 5.92 Å². The third-order valence-corrected chi connectivity index (χ3v) is 7.85. The smallest absolute Gasteiger partial charge is 0.245 e. The van der Waals surface area contributed by atoms with Crippen molar-refractivity contribution in [1.29, 1.82) is 0 Å². The number of hydrogen-bond acceptors (Lipinski definition) is 7. The lowest BCUT2D eigenvalue weighted by atomic mass is 9.98. The minimum atomic E-state index is -3.75. The van der Waals surface area contributed by atoms with E-state index in [4.69, 9.17) is 4.42 Å². The molecule has 0 radical (unpaired) electrons. The topological polar surface area (TPSA) is 105 Å². The fourth-order valence-corrected chi connectivity index (χ4v) is 6.03. The molecule has 2 aromatic heterocycles. The van der Waals surface area contributed by atoms with Gasteiger partial charge in [0.1, 0.15) is 21.7 Å². The Balaban J connectivity index is 1.41. The molecule has 30 heavy (non-hydrogen) atoms. The van der Waals surface area contributed by atoms with E-state index in [0.29, 0.717) is 30.4 Å². The number of piperidine rings is 1. The fourth-order valence-electron chi connectivity index (χ4n) is 3.75.